The largest absolute Gasteiger partial charge is 0.491 e. The Labute approximate surface area is 206 Å². The van der Waals surface area contributed by atoms with Crippen molar-refractivity contribution in [2.45, 2.75) is 28.5 Å². The van der Waals surface area contributed by atoms with Gasteiger partial charge in [-0.2, -0.15) is 0 Å². The molecule has 0 saturated heterocycles. The summed E-state index contributed by atoms with van der Waals surface area (Å²) in [6, 6.07) is 8.20. The number of aromatic nitrogens is 2. The first-order valence-corrected chi connectivity index (χ1v) is 12.5. The van der Waals surface area contributed by atoms with E-state index in [4.69, 9.17) is 44.3 Å². The van der Waals surface area contributed by atoms with Crippen LogP contribution >= 0.6 is 34.8 Å². The lowest BCUT2D eigenvalue weighted by Crippen LogP contribution is -2.23. The van der Waals surface area contributed by atoms with Gasteiger partial charge in [-0.15, -0.1) is 11.6 Å². The number of aliphatic hydroxyl groups is 2. The van der Waals surface area contributed by atoms with E-state index in [1.165, 1.54) is 36.4 Å². The van der Waals surface area contributed by atoms with Gasteiger partial charge in [-0.3, -0.25) is 0 Å². The molecule has 1 heterocycles. The highest BCUT2D eigenvalue weighted by molar-refractivity contribution is 7.91. The summed E-state index contributed by atoms with van der Waals surface area (Å²) < 4.78 is 38.6. The van der Waals surface area contributed by atoms with Crippen molar-refractivity contribution in [2.24, 2.45) is 0 Å². The lowest BCUT2D eigenvalue weighted by molar-refractivity contribution is 0.0924. The van der Waals surface area contributed by atoms with Crippen LogP contribution in [0.2, 0.25) is 10.0 Å². The van der Waals surface area contributed by atoms with Crippen LogP contribution in [0, 0.1) is 0 Å². The molecule has 8 nitrogen and oxygen atoms in total. The smallest absolute Gasteiger partial charge is 0.206 e. The molecule has 0 aliphatic heterocycles. The van der Waals surface area contributed by atoms with Crippen LogP contribution in [0.3, 0.4) is 0 Å². The highest BCUT2D eigenvalue weighted by Crippen LogP contribution is 2.37. The van der Waals surface area contributed by atoms with E-state index in [9.17, 15) is 18.6 Å². The third kappa shape index (κ3) is 6.75. The highest BCUT2D eigenvalue weighted by atomic mass is 35.5. The molecular weight excluding hydrogens is 515 g/mol. The summed E-state index contributed by atoms with van der Waals surface area (Å²) in [5, 5.41) is 19.5. The van der Waals surface area contributed by atoms with Crippen LogP contribution < -0.4 is 9.47 Å². The molecular formula is C21H21Cl3N2O6S. The van der Waals surface area contributed by atoms with Crippen LogP contribution in [0.1, 0.15) is 0 Å². The molecule has 1 aromatic heterocycles. The number of halogens is 3. The minimum Gasteiger partial charge on any atom is -0.491 e. The third-order valence-corrected chi connectivity index (χ3v) is 7.10. The Kier molecular flexibility index (Phi) is 8.86. The first kappa shape index (κ1) is 25.6. The first-order chi connectivity index (χ1) is 15.7. The standard InChI is InChI=1S/C21H21Cl3N2O6S/c22-9-14(27)11-32-21-19(23)7-18(8-20(21)24)33(29,30)17-3-1-16(2-4-17)31-12-15(28)10-26-6-5-25-13-26/h1-8,13-15,27-28H,9-12H2/t14-,15+/m1/s1. The number of benzene rings is 2. The molecule has 0 fully saturated rings. The zero-order chi connectivity index (χ0) is 24.0. The number of aliphatic hydroxyl groups excluding tert-OH is 2. The third-order valence-electron chi connectivity index (χ3n) is 4.44. The second-order valence-corrected chi connectivity index (χ2v) is 10.1. The summed E-state index contributed by atoms with van der Waals surface area (Å²) in [4.78, 5) is 3.79. The maximum atomic E-state index is 13.0. The van der Waals surface area contributed by atoms with E-state index in [-0.39, 0.29) is 44.7 Å². The van der Waals surface area contributed by atoms with E-state index in [0.29, 0.717) is 12.3 Å². The summed E-state index contributed by atoms with van der Waals surface area (Å²) >= 11 is 17.9. The van der Waals surface area contributed by atoms with Crippen LogP contribution in [0.5, 0.6) is 11.5 Å². The molecule has 2 atom stereocenters. The van der Waals surface area contributed by atoms with Crippen molar-refractivity contribution in [2.75, 3.05) is 19.1 Å². The number of nitrogens with zero attached hydrogens (tertiary/aromatic N) is 2. The van der Waals surface area contributed by atoms with E-state index in [1.807, 2.05) is 0 Å². The minimum absolute atomic E-state index is 0.00665. The maximum absolute atomic E-state index is 13.0. The number of alkyl halides is 1. The molecule has 0 unspecified atom stereocenters. The fourth-order valence-electron chi connectivity index (χ4n) is 2.79. The molecule has 2 aromatic carbocycles. The maximum Gasteiger partial charge on any atom is 0.206 e. The molecule has 0 aliphatic rings. The summed E-state index contributed by atoms with van der Waals surface area (Å²) in [6.07, 6.45) is 3.24. The Bertz CT molecular complexity index is 1130. The van der Waals surface area contributed by atoms with Gasteiger partial charge >= 0.3 is 0 Å². The summed E-state index contributed by atoms with van der Waals surface area (Å²) in [5.74, 6) is 0.418. The van der Waals surface area contributed by atoms with Gasteiger partial charge in [-0.25, -0.2) is 13.4 Å². The molecule has 0 amide bonds. The zero-order valence-electron chi connectivity index (χ0n) is 17.1. The van der Waals surface area contributed by atoms with E-state index in [1.54, 1.807) is 23.3 Å². The van der Waals surface area contributed by atoms with Crippen molar-refractivity contribution < 1.29 is 28.1 Å². The number of rotatable bonds is 11. The Hall–Kier alpha value is -2.01. The Morgan fingerprint density at radius 1 is 0.970 bits per heavy atom. The topological polar surface area (TPSA) is 111 Å². The molecule has 33 heavy (non-hydrogen) atoms. The van der Waals surface area contributed by atoms with Gasteiger partial charge in [0, 0.05) is 12.4 Å². The summed E-state index contributed by atoms with van der Waals surface area (Å²) in [7, 11) is -3.93. The summed E-state index contributed by atoms with van der Waals surface area (Å²) in [5.41, 5.74) is 0. The lowest BCUT2D eigenvalue weighted by Gasteiger charge is -2.14. The van der Waals surface area contributed by atoms with Crippen LogP contribution in [-0.2, 0) is 16.4 Å². The van der Waals surface area contributed by atoms with Gasteiger partial charge in [0.25, 0.3) is 0 Å². The predicted molar refractivity (Wildman–Crippen MR) is 124 cm³/mol. The van der Waals surface area contributed by atoms with Gasteiger partial charge in [0.2, 0.25) is 9.84 Å². The minimum atomic E-state index is -3.93. The fraction of sp³-hybridized carbons (Fsp3) is 0.286. The molecule has 0 saturated carbocycles. The molecule has 0 radical (unpaired) electrons. The van der Waals surface area contributed by atoms with E-state index in [0.717, 1.165) is 0 Å². The van der Waals surface area contributed by atoms with Crippen molar-refractivity contribution in [3.8, 4) is 11.5 Å². The van der Waals surface area contributed by atoms with E-state index in [2.05, 4.69) is 4.98 Å². The van der Waals surface area contributed by atoms with E-state index < -0.39 is 22.0 Å². The monoisotopic (exact) mass is 534 g/mol. The average Bonchev–Trinajstić information content (AvgIpc) is 3.30. The molecule has 12 heteroatoms. The quantitative estimate of drug-likeness (QED) is 0.362. The Morgan fingerprint density at radius 3 is 2.18 bits per heavy atom. The SMILES string of the molecule is O=S(=O)(c1ccc(OC[C@@H](O)Cn2ccnc2)cc1)c1cc(Cl)c(OC[C@H](O)CCl)c(Cl)c1. The fourth-order valence-corrected chi connectivity index (χ4v) is 4.92. The number of imidazole rings is 1. The molecule has 0 bridgehead atoms. The van der Waals surface area contributed by atoms with Gasteiger partial charge in [-0.05, 0) is 36.4 Å². The molecule has 0 aliphatic carbocycles. The summed E-state index contributed by atoms with van der Waals surface area (Å²) in [6.45, 7) is 0.196. The van der Waals surface area contributed by atoms with Gasteiger partial charge in [0.05, 0.1) is 38.6 Å². The average molecular weight is 536 g/mol. The normalized spacial score (nSPS) is 13.5. The van der Waals surface area contributed by atoms with Crippen molar-refractivity contribution in [3.63, 3.8) is 0 Å². The van der Waals surface area contributed by atoms with Gasteiger partial charge < -0.3 is 24.3 Å². The second kappa shape index (κ2) is 11.4. The zero-order valence-corrected chi connectivity index (χ0v) is 20.2. The van der Waals surface area contributed by atoms with Crippen LogP contribution in [0.25, 0.3) is 0 Å². The number of hydrogen-bond donors (Lipinski definition) is 2. The Morgan fingerprint density at radius 2 is 1.61 bits per heavy atom. The molecule has 3 rings (SSSR count). The predicted octanol–water partition coefficient (Wildman–Crippen LogP) is 3.44. The van der Waals surface area contributed by atoms with Crippen LogP contribution in [-0.4, -0.2) is 59.5 Å². The van der Waals surface area contributed by atoms with E-state index >= 15 is 0 Å². The van der Waals surface area contributed by atoms with Gasteiger partial charge in [0.1, 0.15) is 31.2 Å². The van der Waals surface area contributed by atoms with Crippen LogP contribution in [0.15, 0.2) is 64.9 Å². The van der Waals surface area contributed by atoms with Crippen LogP contribution in [0.4, 0.5) is 0 Å². The van der Waals surface area contributed by atoms with Crippen molar-refractivity contribution in [1.29, 1.82) is 0 Å². The first-order valence-electron chi connectivity index (χ1n) is 9.68. The highest BCUT2D eigenvalue weighted by Gasteiger charge is 2.22. The molecule has 3 aromatic rings. The molecule has 178 valence electrons. The number of hydrogen-bond acceptors (Lipinski definition) is 7. The number of ether oxygens (including phenoxy) is 2. The van der Waals surface area contributed by atoms with Gasteiger partial charge in [0.15, 0.2) is 5.75 Å². The lowest BCUT2D eigenvalue weighted by atomic mass is 10.3. The molecule has 0 spiro atoms. The Balaban J connectivity index is 1.68. The molecule has 2 N–H and O–H groups in total. The number of sulfone groups is 1. The van der Waals surface area contributed by atoms with Crippen molar-refractivity contribution in [1.82, 2.24) is 9.55 Å². The van der Waals surface area contributed by atoms with Gasteiger partial charge in [-0.1, -0.05) is 23.2 Å². The second-order valence-electron chi connectivity index (χ2n) is 7.03. The van der Waals surface area contributed by atoms with Crippen molar-refractivity contribution in [3.05, 3.63) is 65.2 Å². The van der Waals surface area contributed by atoms with Crippen molar-refractivity contribution >= 4 is 44.6 Å².